The Labute approximate surface area is 144 Å². The molecule has 0 aliphatic carbocycles. The number of nitrogens with one attached hydrogen (secondary N) is 1. The Bertz CT molecular complexity index is 900. The van der Waals surface area contributed by atoms with E-state index in [2.05, 4.69) is 10.3 Å². The van der Waals surface area contributed by atoms with Crippen LogP contribution in [0.3, 0.4) is 0 Å². The molecule has 2 aromatic carbocycles. The van der Waals surface area contributed by atoms with Crippen LogP contribution in [-0.4, -0.2) is 42.0 Å². The fourth-order valence-corrected chi connectivity index (χ4v) is 3.04. The van der Waals surface area contributed by atoms with Gasteiger partial charge in [0, 0.05) is 42.3 Å². The monoisotopic (exact) mass is 341 g/mol. The molecule has 122 valence electrons. The smallest absolute Gasteiger partial charge is 0.254 e. The fourth-order valence-electron chi connectivity index (χ4n) is 2.85. The molecule has 24 heavy (non-hydrogen) atoms. The largest absolute Gasteiger partial charge is 0.436 e. The highest BCUT2D eigenvalue weighted by Gasteiger charge is 2.19. The normalized spacial score (nSPS) is 15.0. The van der Waals surface area contributed by atoms with Gasteiger partial charge < -0.3 is 14.6 Å². The summed E-state index contributed by atoms with van der Waals surface area (Å²) in [4.78, 5) is 18.9. The quantitative estimate of drug-likeness (QED) is 0.777. The van der Waals surface area contributed by atoms with E-state index in [-0.39, 0.29) is 5.91 Å². The van der Waals surface area contributed by atoms with Crippen molar-refractivity contribution in [2.75, 3.05) is 26.2 Å². The number of halogens is 1. The van der Waals surface area contributed by atoms with Crippen LogP contribution in [0, 0.1) is 0 Å². The zero-order valence-electron chi connectivity index (χ0n) is 13.0. The summed E-state index contributed by atoms with van der Waals surface area (Å²) in [6.45, 7) is 3.10. The number of fused-ring (bicyclic) bond motifs is 1. The first-order valence-corrected chi connectivity index (χ1v) is 8.25. The number of hydrogen-bond donors (Lipinski definition) is 1. The van der Waals surface area contributed by atoms with Crippen molar-refractivity contribution >= 4 is 28.6 Å². The number of carbonyl (C=O) groups is 1. The van der Waals surface area contributed by atoms with E-state index in [9.17, 15) is 4.79 Å². The Hall–Kier alpha value is -2.37. The van der Waals surface area contributed by atoms with Crippen LogP contribution in [0.4, 0.5) is 0 Å². The number of carbonyl (C=O) groups excluding carboxylic acids is 1. The van der Waals surface area contributed by atoms with Crippen molar-refractivity contribution in [1.29, 1.82) is 0 Å². The Balaban J connectivity index is 1.67. The van der Waals surface area contributed by atoms with Gasteiger partial charge in [-0.1, -0.05) is 17.7 Å². The molecule has 1 amide bonds. The summed E-state index contributed by atoms with van der Waals surface area (Å²) in [6.07, 6.45) is 0. The number of hydrogen-bond acceptors (Lipinski definition) is 4. The Morgan fingerprint density at radius 2 is 2.00 bits per heavy atom. The average molecular weight is 342 g/mol. The topological polar surface area (TPSA) is 58.4 Å². The van der Waals surface area contributed by atoms with E-state index >= 15 is 0 Å². The molecule has 1 aromatic heterocycles. The van der Waals surface area contributed by atoms with Gasteiger partial charge in [-0.3, -0.25) is 4.79 Å². The highest BCUT2D eigenvalue weighted by Crippen LogP contribution is 2.27. The van der Waals surface area contributed by atoms with E-state index in [0.29, 0.717) is 22.1 Å². The Morgan fingerprint density at radius 1 is 1.17 bits per heavy atom. The molecule has 0 spiro atoms. The molecule has 1 aliphatic rings. The molecule has 1 saturated heterocycles. The molecule has 0 bridgehead atoms. The summed E-state index contributed by atoms with van der Waals surface area (Å²) in [5.74, 6) is 0.526. The minimum Gasteiger partial charge on any atom is -0.436 e. The maximum Gasteiger partial charge on any atom is 0.254 e. The van der Waals surface area contributed by atoms with E-state index < -0.39 is 0 Å². The Kier molecular flexibility index (Phi) is 3.96. The van der Waals surface area contributed by atoms with Gasteiger partial charge >= 0.3 is 0 Å². The minimum absolute atomic E-state index is 0.0269. The van der Waals surface area contributed by atoms with E-state index in [1.54, 1.807) is 24.3 Å². The number of oxazole rings is 1. The molecule has 1 aliphatic heterocycles. The number of amides is 1. The summed E-state index contributed by atoms with van der Waals surface area (Å²) in [5, 5.41) is 3.87. The third kappa shape index (κ3) is 2.88. The van der Waals surface area contributed by atoms with Gasteiger partial charge in [0.25, 0.3) is 5.91 Å². The van der Waals surface area contributed by atoms with Crippen LogP contribution in [0.2, 0.25) is 5.02 Å². The van der Waals surface area contributed by atoms with Gasteiger partial charge in [-0.25, -0.2) is 4.98 Å². The molecule has 5 nitrogen and oxygen atoms in total. The second-order valence-corrected chi connectivity index (χ2v) is 6.19. The van der Waals surface area contributed by atoms with Crippen LogP contribution in [0.25, 0.3) is 22.6 Å². The van der Waals surface area contributed by atoms with Crippen LogP contribution < -0.4 is 5.32 Å². The maximum absolute atomic E-state index is 12.6. The lowest BCUT2D eigenvalue weighted by Gasteiger charge is -2.27. The molecular formula is C18H16ClN3O2. The second kappa shape index (κ2) is 6.26. The summed E-state index contributed by atoms with van der Waals surface area (Å²) in [7, 11) is 0. The lowest BCUT2D eigenvalue weighted by molar-refractivity contribution is 0.0736. The van der Waals surface area contributed by atoms with E-state index in [4.69, 9.17) is 16.0 Å². The van der Waals surface area contributed by atoms with Crippen LogP contribution in [0.5, 0.6) is 0 Å². The third-order valence-corrected chi connectivity index (χ3v) is 4.35. The number of benzene rings is 2. The van der Waals surface area contributed by atoms with Gasteiger partial charge in [-0.2, -0.15) is 0 Å². The van der Waals surface area contributed by atoms with Gasteiger partial charge in [-0.05, 0) is 36.4 Å². The minimum atomic E-state index is 0.0269. The first-order valence-electron chi connectivity index (χ1n) is 7.87. The highest BCUT2D eigenvalue weighted by atomic mass is 35.5. The van der Waals surface area contributed by atoms with Crippen molar-refractivity contribution in [3.8, 4) is 11.5 Å². The molecule has 0 atom stereocenters. The molecule has 4 rings (SSSR count). The summed E-state index contributed by atoms with van der Waals surface area (Å²) < 4.78 is 5.83. The fraction of sp³-hybridized carbons (Fsp3) is 0.222. The maximum atomic E-state index is 12.6. The number of rotatable bonds is 2. The van der Waals surface area contributed by atoms with E-state index in [1.165, 1.54) is 0 Å². The first-order chi connectivity index (χ1) is 11.7. The van der Waals surface area contributed by atoms with Gasteiger partial charge in [0.2, 0.25) is 5.89 Å². The van der Waals surface area contributed by atoms with Crippen LogP contribution in [0.1, 0.15) is 10.4 Å². The lowest BCUT2D eigenvalue weighted by Crippen LogP contribution is -2.46. The van der Waals surface area contributed by atoms with Gasteiger partial charge in [0.15, 0.2) is 5.58 Å². The van der Waals surface area contributed by atoms with Gasteiger partial charge in [-0.15, -0.1) is 0 Å². The molecule has 0 radical (unpaired) electrons. The zero-order chi connectivity index (χ0) is 16.5. The number of piperazine rings is 1. The average Bonchev–Trinajstić information content (AvgIpc) is 3.05. The van der Waals surface area contributed by atoms with Gasteiger partial charge in [0.05, 0.1) is 0 Å². The standard InChI is InChI=1S/C18H16ClN3O2/c19-14-3-1-2-12(10-14)17-21-15-5-4-13(11-16(15)24-17)18(23)22-8-6-20-7-9-22/h1-5,10-11,20H,6-9H2. The molecule has 1 N–H and O–H groups in total. The first kappa shape index (κ1) is 15.2. The predicted octanol–water partition coefficient (Wildman–Crippen LogP) is 3.19. The van der Waals surface area contributed by atoms with E-state index in [1.807, 2.05) is 23.1 Å². The van der Waals surface area contributed by atoms with Crippen LogP contribution in [-0.2, 0) is 0 Å². The van der Waals surface area contributed by atoms with Crippen LogP contribution in [0.15, 0.2) is 46.9 Å². The van der Waals surface area contributed by atoms with Gasteiger partial charge in [0.1, 0.15) is 5.52 Å². The van der Waals surface area contributed by atoms with Crippen molar-refractivity contribution < 1.29 is 9.21 Å². The second-order valence-electron chi connectivity index (χ2n) is 5.75. The SMILES string of the molecule is O=C(c1ccc2nc(-c3cccc(Cl)c3)oc2c1)N1CCNCC1. The van der Waals surface area contributed by atoms with Crippen molar-refractivity contribution in [2.24, 2.45) is 0 Å². The molecule has 0 unspecified atom stereocenters. The number of aromatic nitrogens is 1. The molecule has 6 heteroatoms. The molecule has 1 fully saturated rings. The zero-order valence-corrected chi connectivity index (χ0v) is 13.7. The molecule has 3 aromatic rings. The van der Waals surface area contributed by atoms with Crippen molar-refractivity contribution in [3.63, 3.8) is 0 Å². The molecule has 0 saturated carbocycles. The Morgan fingerprint density at radius 3 is 2.79 bits per heavy atom. The predicted molar refractivity (Wildman–Crippen MR) is 93.2 cm³/mol. The third-order valence-electron chi connectivity index (χ3n) is 4.11. The summed E-state index contributed by atoms with van der Waals surface area (Å²) in [6, 6.07) is 12.7. The van der Waals surface area contributed by atoms with Crippen LogP contribution >= 0.6 is 11.6 Å². The summed E-state index contributed by atoms with van der Waals surface area (Å²) in [5.41, 5.74) is 2.76. The molecule has 2 heterocycles. The highest BCUT2D eigenvalue weighted by molar-refractivity contribution is 6.30. The summed E-state index contributed by atoms with van der Waals surface area (Å²) >= 11 is 6.02. The van der Waals surface area contributed by atoms with Crippen molar-refractivity contribution in [3.05, 3.63) is 53.1 Å². The van der Waals surface area contributed by atoms with Crippen molar-refractivity contribution in [1.82, 2.24) is 15.2 Å². The van der Waals surface area contributed by atoms with E-state index in [0.717, 1.165) is 37.3 Å². The lowest BCUT2D eigenvalue weighted by atomic mass is 10.1. The van der Waals surface area contributed by atoms with Crippen molar-refractivity contribution in [2.45, 2.75) is 0 Å². The molecular weight excluding hydrogens is 326 g/mol. The number of nitrogens with zero attached hydrogens (tertiary/aromatic N) is 2.